The van der Waals surface area contributed by atoms with Gasteiger partial charge >= 0.3 is 29.6 Å². The number of aromatic carboxylic acids is 1. The van der Waals surface area contributed by atoms with Crippen LogP contribution in [-0.2, 0) is 0 Å². The second-order valence-electron chi connectivity index (χ2n) is 6.35. The molecule has 0 bridgehead atoms. The maximum absolute atomic E-state index is 13.6. The number of aromatic nitrogens is 1. The summed E-state index contributed by atoms with van der Waals surface area (Å²) in [7, 11) is 0. The van der Waals surface area contributed by atoms with Crippen molar-refractivity contribution in [1.29, 1.82) is 0 Å². The third-order valence-corrected chi connectivity index (χ3v) is 4.66. The molecule has 132 valence electrons. The minimum atomic E-state index is -1.34. The summed E-state index contributed by atoms with van der Waals surface area (Å²) in [5.41, 5.74) is 4.34. The molecule has 0 spiro atoms. The fourth-order valence-corrected chi connectivity index (χ4v) is 3.33. The normalized spacial score (nSPS) is 10.5. The monoisotopic (exact) mass is 379 g/mol. The number of carbonyl (C=O) groups is 1. The molecule has 4 rings (SSSR count). The van der Waals surface area contributed by atoms with E-state index in [-0.39, 0.29) is 40.5 Å². The molecule has 28 heavy (non-hydrogen) atoms. The number of halogens is 1. The summed E-state index contributed by atoms with van der Waals surface area (Å²) in [6.45, 7) is 1.67. The Bertz CT molecular complexity index is 1160. The average Bonchev–Trinajstić information content (AvgIpc) is 2.68. The molecule has 0 aliphatic rings. The number of carbonyl (C=O) groups excluding carboxylic acids is 1. The van der Waals surface area contributed by atoms with Gasteiger partial charge in [-0.25, -0.2) is 9.37 Å². The van der Waals surface area contributed by atoms with Crippen LogP contribution in [0.15, 0.2) is 72.8 Å². The fourth-order valence-electron chi connectivity index (χ4n) is 3.33. The molecule has 0 amide bonds. The van der Waals surface area contributed by atoms with E-state index >= 15 is 0 Å². The fraction of sp³-hybridized carbons (Fsp3) is 0.0435. The molecule has 1 heterocycles. The second kappa shape index (κ2) is 8.23. The summed E-state index contributed by atoms with van der Waals surface area (Å²) in [5, 5.41) is 12.0. The number of pyridine rings is 1. The maximum Gasteiger partial charge on any atom is 1.00 e. The molecule has 1 aromatic heterocycles. The molecule has 4 aromatic rings. The van der Waals surface area contributed by atoms with Crippen molar-refractivity contribution in [2.75, 3.05) is 0 Å². The first kappa shape index (κ1) is 20.2. The number of hydrogen-bond donors (Lipinski definition) is 0. The third-order valence-electron chi connectivity index (χ3n) is 4.66. The largest absolute Gasteiger partial charge is 1.00 e. The van der Waals surface area contributed by atoms with Crippen LogP contribution in [0.3, 0.4) is 0 Å². The Morgan fingerprint density at radius 2 is 1.50 bits per heavy atom. The van der Waals surface area contributed by atoms with Crippen LogP contribution < -0.4 is 34.7 Å². The number of rotatable bonds is 3. The van der Waals surface area contributed by atoms with Crippen LogP contribution in [0.1, 0.15) is 15.9 Å². The van der Waals surface area contributed by atoms with Gasteiger partial charge in [0.2, 0.25) is 0 Å². The number of carboxylic acid groups (broad SMARTS) is 1. The van der Waals surface area contributed by atoms with Gasteiger partial charge in [0.15, 0.2) is 0 Å². The van der Waals surface area contributed by atoms with E-state index in [2.05, 4.69) is 4.98 Å². The Morgan fingerprint density at radius 3 is 2.14 bits per heavy atom. The number of fused-ring (bicyclic) bond motifs is 1. The van der Waals surface area contributed by atoms with Crippen molar-refractivity contribution < 1.29 is 43.8 Å². The smallest absolute Gasteiger partial charge is 0.545 e. The van der Waals surface area contributed by atoms with E-state index in [4.69, 9.17) is 0 Å². The SMILES string of the molecule is Cc1c(-c2ccc(-c3ccccc3)cc2)nc2ccc(F)cc2c1C(=O)[O-].[Na+]. The molecule has 0 aliphatic carbocycles. The van der Waals surface area contributed by atoms with E-state index in [1.54, 1.807) is 6.92 Å². The zero-order valence-electron chi connectivity index (χ0n) is 15.6. The van der Waals surface area contributed by atoms with E-state index < -0.39 is 11.8 Å². The van der Waals surface area contributed by atoms with Crippen LogP contribution in [0, 0.1) is 12.7 Å². The van der Waals surface area contributed by atoms with Crippen LogP contribution in [0.2, 0.25) is 0 Å². The van der Waals surface area contributed by atoms with Crippen molar-refractivity contribution in [2.45, 2.75) is 6.92 Å². The van der Waals surface area contributed by atoms with Gasteiger partial charge in [0.05, 0.1) is 17.2 Å². The predicted octanol–water partition coefficient (Wildman–Crippen LogP) is 1.38. The van der Waals surface area contributed by atoms with Crippen molar-refractivity contribution in [3.05, 3.63) is 89.7 Å². The second-order valence-corrected chi connectivity index (χ2v) is 6.35. The first-order valence-electron chi connectivity index (χ1n) is 8.51. The van der Waals surface area contributed by atoms with E-state index in [0.717, 1.165) is 16.7 Å². The first-order valence-corrected chi connectivity index (χ1v) is 8.51. The van der Waals surface area contributed by atoms with Crippen molar-refractivity contribution in [2.24, 2.45) is 0 Å². The zero-order chi connectivity index (χ0) is 19.0. The molecule has 5 heteroatoms. The number of nitrogens with zero attached hydrogens (tertiary/aromatic N) is 1. The molecule has 0 saturated carbocycles. The van der Waals surface area contributed by atoms with Crippen LogP contribution in [-0.4, -0.2) is 11.0 Å². The van der Waals surface area contributed by atoms with Gasteiger partial charge < -0.3 is 9.90 Å². The Hall–Kier alpha value is -2.53. The molecule has 0 N–H and O–H groups in total. The topological polar surface area (TPSA) is 53.0 Å². The molecule has 0 atom stereocenters. The molecular formula is C23H15FNNaO2. The predicted molar refractivity (Wildman–Crippen MR) is 102 cm³/mol. The summed E-state index contributed by atoms with van der Waals surface area (Å²) in [5.74, 6) is -1.85. The molecule has 3 nitrogen and oxygen atoms in total. The molecule has 0 saturated heterocycles. The molecule has 0 radical (unpaired) electrons. The Morgan fingerprint density at radius 1 is 0.893 bits per heavy atom. The third kappa shape index (κ3) is 3.72. The van der Waals surface area contributed by atoms with E-state index in [9.17, 15) is 14.3 Å². The molecule has 0 unspecified atom stereocenters. The van der Waals surface area contributed by atoms with Crippen LogP contribution in [0.25, 0.3) is 33.3 Å². The number of benzene rings is 3. The Kier molecular flexibility index (Phi) is 5.94. The van der Waals surface area contributed by atoms with Crippen molar-refractivity contribution in [3.8, 4) is 22.4 Å². The average molecular weight is 379 g/mol. The van der Waals surface area contributed by atoms with Crippen molar-refractivity contribution in [1.82, 2.24) is 4.98 Å². The Balaban J connectivity index is 0.00000225. The minimum absolute atomic E-state index is 0. The van der Waals surface area contributed by atoms with Gasteiger partial charge in [-0.2, -0.15) is 0 Å². The van der Waals surface area contributed by atoms with Gasteiger partial charge in [0.25, 0.3) is 0 Å². The Labute approximate surface area is 184 Å². The molecule has 0 aliphatic heterocycles. The van der Waals surface area contributed by atoms with E-state index in [0.29, 0.717) is 16.8 Å². The molecular weight excluding hydrogens is 364 g/mol. The van der Waals surface area contributed by atoms with Gasteiger partial charge in [-0.15, -0.1) is 0 Å². The first-order chi connectivity index (χ1) is 13.0. The standard InChI is InChI=1S/C23H16FNO2.Na/c1-14-21(23(26)27)19-13-18(24)11-12-20(19)25-22(14)17-9-7-16(8-10-17)15-5-3-2-4-6-15;/h2-13H,1H3,(H,26,27);/q;+1/p-1. The molecule has 0 fully saturated rings. The summed E-state index contributed by atoms with van der Waals surface area (Å²) >= 11 is 0. The van der Waals surface area contributed by atoms with Crippen molar-refractivity contribution >= 4 is 16.9 Å². The van der Waals surface area contributed by atoms with Gasteiger partial charge in [-0.3, -0.25) is 0 Å². The van der Waals surface area contributed by atoms with Crippen LogP contribution in [0.5, 0.6) is 0 Å². The van der Waals surface area contributed by atoms with Gasteiger partial charge in [0, 0.05) is 16.5 Å². The minimum Gasteiger partial charge on any atom is -0.545 e. The summed E-state index contributed by atoms with van der Waals surface area (Å²) in [6, 6.07) is 21.7. The van der Waals surface area contributed by atoms with Crippen molar-refractivity contribution in [3.63, 3.8) is 0 Å². The summed E-state index contributed by atoms with van der Waals surface area (Å²) in [4.78, 5) is 16.3. The van der Waals surface area contributed by atoms with E-state index in [1.165, 1.54) is 18.2 Å². The maximum atomic E-state index is 13.6. The number of hydrogen-bond acceptors (Lipinski definition) is 3. The van der Waals surface area contributed by atoms with Gasteiger partial charge in [-0.1, -0.05) is 54.6 Å². The van der Waals surface area contributed by atoms with Gasteiger partial charge in [-0.05, 0) is 41.8 Å². The van der Waals surface area contributed by atoms with E-state index in [1.807, 2.05) is 54.6 Å². The van der Waals surface area contributed by atoms with Gasteiger partial charge in [0.1, 0.15) is 5.82 Å². The quantitative estimate of drug-likeness (QED) is 0.506. The van der Waals surface area contributed by atoms with Crippen LogP contribution in [0.4, 0.5) is 4.39 Å². The zero-order valence-corrected chi connectivity index (χ0v) is 17.6. The number of carboxylic acids is 1. The molecule has 3 aromatic carbocycles. The summed E-state index contributed by atoms with van der Waals surface area (Å²) in [6.07, 6.45) is 0. The summed E-state index contributed by atoms with van der Waals surface area (Å²) < 4.78 is 13.6. The van der Waals surface area contributed by atoms with Crippen LogP contribution >= 0.6 is 0 Å².